The van der Waals surface area contributed by atoms with Gasteiger partial charge < -0.3 is 19.9 Å². The molecule has 21 heavy (non-hydrogen) atoms. The number of rotatable bonds is 6. The Balaban J connectivity index is 1.80. The molecule has 6 nitrogen and oxygen atoms in total. The predicted molar refractivity (Wildman–Crippen MR) is 75.4 cm³/mol. The molecule has 1 aliphatic heterocycles. The highest BCUT2D eigenvalue weighted by molar-refractivity contribution is 5.82. The standard InChI is InChI=1S/C15H19NO5/c1-10(5-4-8-14(17)18)16-15(19)13-9-20-11-6-2-3-7-12(11)21-13/h2-3,6-7,10,13H,4-5,8-9H2,1H3,(H,16,19)(H,17,18). The van der Waals surface area contributed by atoms with Crippen molar-refractivity contribution in [2.24, 2.45) is 0 Å². The summed E-state index contributed by atoms with van der Waals surface area (Å²) in [6, 6.07) is 7.10. The summed E-state index contributed by atoms with van der Waals surface area (Å²) in [5.41, 5.74) is 0. The average molecular weight is 293 g/mol. The molecule has 1 aromatic carbocycles. The summed E-state index contributed by atoms with van der Waals surface area (Å²) >= 11 is 0. The van der Waals surface area contributed by atoms with E-state index in [0.717, 1.165) is 0 Å². The van der Waals surface area contributed by atoms with Crippen LogP contribution in [0.15, 0.2) is 24.3 Å². The third-order valence-electron chi connectivity index (χ3n) is 3.22. The molecule has 114 valence electrons. The van der Waals surface area contributed by atoms with E-state index < -0.39 is 12.1 Å². The van der Waals surface area contributed by atoms with Crippen molar-refractivity contribution in [2.45, 2.75) is 38.3 Å². The first-order valence-electron chi connectivity index (χ1n) is 6.97. The highest BCUT2D eigenvalue weighted by Crippen LogP contribution is 2.30. The molecule has 0 aromatic heterocycles. The molecule has 2 unspecified atom stereocenters. The minimum Gasteiger partial charge on any atom is -0.485 e. The largest absolute Gasteiger partial charge is 0.485 e. The van der Waals surface area contributed by atoms with Gasteiger partial charge in [0.15, 0.2) is 11.5 Å². The zero-order valence-electron chi connectivity index (χ0n) is 11.9. The fourth-order valence-electron chi connectivity index (χ4n) is 2.12. The zero-order chi connectivity index (χ0) is 15.2. The quantitative estimate of drug-likeness (QED) is 0.832. The molecular formula is C15H19NO5. The van der Waals surface area contributed by atoms with Gasteiger partial charge in [0.25, 0.3) is 5.91 Å². The Bertz CT molecular complexity index is 517. The number of para-hydroxylation sites is 2. The maximum absolute atomic E-state index is 12.1. The number of carboxylic acids is 1. The molecule has 0 radical (unpaired) electrons. The van der Waals surface area contributed by atoms with Gasteiger partial charge in [-0.25, -0.2) is 0 Å². The molecule has 0 fully saturated rings. The second kappa shape index (κ2) is 6.97. The number of carbonyl (C=O) groups is 2. The minimum atomic E-state index is -0.825. The third-order valence-corrected chi connectivity index (χ3v) is 3.22. The maximum Gasteiger partial charge on any atom is 0.303 e. The Labute approximate surface area is 123 Å². The van der Waals surface area contributed by atoms with E-state index in [1.165, 1.54) is 0 Å². The predicted octanol–water partition coefficient (Wildman–Crippen LogP) is 1.59. The van der Waals surface area contributed by atoms with Crippen molar-refractivity contribution in [3.8, 4) is 11.5 Å². The monoisotopic (exact) mass is 293 g/mol. The van der Waals surface area contributed by atoms with Gasteiger partial charge in [0.2, 0.25) is 6.10 Å². The topological polar surface area (TPSA) is 84.9 Å². The Hall–Kier alpha value is -2.24. The molecule has 0 aliphatic carbocycles. The number of nitrogens with one attached hydrogen (secondary N) is 1. The molecule has 0 bridgehead atoms. The van der Waals surface area contributed by atoms with Gasteiger partial charge in [-0.15, -0.1) is 0 Å². The zero-order valence-corrected chi connectivity index (χ0v) is 11.9. The molecule has 1 heterocycles. The number of hydrogen-bond donors (Lipinski definition) is 2. The highest BCUT2D eigenvalue weighted by Gasteiger charge is 2.27. The molecule has 2 N–H and O–H groups in total. The lowest BCUT2D eigenvalue weighted by atomic mass is 10.1. The number of aliphatic carboxylic acids is 1. The van der Waals surface area contributed by atoms with Gasteiger partial charge in [-0.2, -0.15) is 0 Å². The van der Waals surface area contributed by atoms with Crippen molar-refractivity contribution < 1.29 is 24.2 Å². The van der Waals surface area contributed by atoms with Gasteiger partial charge in [0.1, 0.15) is 6.61 Å². The van der Waals surface area contributed by atoms with Crippen LogP contribution >= 0.6 is 0 Å². The van der Waals surface area contributed by atoms with Gasteiger partial charge in [-0.3, -0.25) is 9.59 Å². The second-order valence-electron chi connectivity index (χ2n) is 5.06. The SMILES string of the molecule is CC(CCCC(=O)O)NC(=O)C1COc2ccccc2O1. The molecule has 2 atom stereocenters. The average Bonchev–Trinajstić information content (AvgIpc) is 2.46. The molecule has 2 rings (SSSR count). The van der Waals surface area contributed by atoms with Gasteiger partial charge in [0, 0.05) is 12.5 Å². The van der Waals surface area contributed by atoms with Crippen molar-refractivity contribution in [3.63, 3.8) is 0 Å². The van der Waals surface area contributed by atoms with Crippen molar-refractivity contribution in [3.05, 3.63) is 24.3 Å². The second-order valence-corrected chi connectivity index (χ2v) is 5.06. The van der Waals surface area contributed by atoms with Crippen LogP contribution in [-0.2, 0) is 9.59 Å². The summed E-state index contributed by atoms with van der Waals surface area (Å²) in [6.45, 7) is 2.02. The fraction of sp³-hybridized carbons (Fsp3) is 0.467. The van der Waals surface area contributed by atoms with E-state index in [4.69, 9.17) is 14.6 Å². The van der Waals surface area contributed by atoms with Crippen LogP contribution in [0, 0.1) is 0 Å². The summed E-state index contributed by atoms with van der Waals surface area (Å²) in [6.07, 6.45) is 0.572. The molecular weight excluding hydrogens is 274 g/mol. The number of ether oxygens (including phenoxy) is 2. The summed E-state index contributed by atoms with van der Waals surface area (Å²) in [4.78, 5) is 22.5. The molecule has 0 saturated carbocycles. The normalized spacial score (nSPS) is 17.9. The number of carboxylic acid groups (broad SMARTS) is 1. The van der Waals surface area contributed by atoms with Crippen LogP contribution in [0.25, 0.3) is 0 Å². The van der Waals surface area contributed by atoms with E-state index in [1.807, 2.05) is 19.1 Å². The van der Waals surface area contributed by atoms with Crippen LogP contribution in [0.5, 0.6) is 11.5 Å². The van der Waals surface area contributed by atoms with Crippen molar-refractivity contribution in [1.82, 2.24) is 5.32 Å². The van der Waals surface area contributed by atoms with Gasteiger partial charge >= 0.3 is 5.97 Å². The van der Waals surface area contributed by atoms with E-state index in [1.54, 1.807) is 12.1 Å². The molecule has 1 aliphatic rings. The summed E-state index contributed by atoms with van der Waals surface area (Å²) in [7, 11) is 0. The first-order valence-corrected chi connectivity index (χ1v) is 6.97. The summed E-state index contributed by atoms with van der Waals surface area (Å²) < 4.78 is 11.1. The Kier molecular flexibility index (Phi) is 5.03. The highest BCUT2D eigenvalue weighted by atomic mass is 16.6. The fourth-order valence-corrected chi connectivity index (χ4v) is 2.12. The Morgan fingerprint density at radius 2 is 2.10 bits per heavy atom. The van der Waals surface area contributed by atoms with Gasteiger partial charge in [0.05, 0.1) is 0 Å². The van der Waals surface area contributed by atoms with Gasteiger partial charge in [-0.05, 0) is 31.9 Å². The maximum atomic E-state index is 12.1. The number of amides is 1. The molecule has 1 amide bonds. The third kappa shape index (κ3) is 4.37. The molecule has 6 heteroatoms. The smallest absolute Gasteiger partial charge is 0.303 e. The molecule has 0 spiro atoms. The number of benzene rings is 1. The van der Waals surface area contributed by atoms with Crippen LogP contribution < -0.4 is 14.8 Å². The number of hydrogen-bond acceptors (Lipinski definition) is 4. The Morgan fingerprint density at radius 1 is 1.38 bits per heavy atom. The van der Waals surface area contributed by atoms with Crippen molar-refractivity contribution in [2.75, 3.05) is 6.61 Å². The van der Waals surface area contributed by atoms with E-state index in [-0.39, 0.29) is 25.0 Å². The molecule has 1 aromatic rings. The van der Waals surface area contributed by atoms with Crippen LogP contribution in [-0.4, -0.2) is 35.7 Å². The van der Waals surface area contributed by atoms with Crippen LogP contribution in [0.2, 0.25) is 0 Å². The van der Waals surface area contributed by atoms with Crippen molar-refractivity contribution in [1.29, 1.82) is 0 Å². The van der Waals surface area contributed by atoms with E-state index in [9.17, 15) is 9.59 Å². The first kappa shape index (κ1) is 15.2. The summed E-state index contributed by atoms with van der Waals surface area (Å²) in [5, 5.41) is 11.4. The van der Waals surface area contributed by atoms with E-state index in [2.05, 4.69) is 5.32 Å². The van der Waals surface area contributed by atoms with E-state index >= 15 is 0 Å². The van der Waals surface area contributed by atoms with E-state index in [0.29, 0.717) is 24.3 Å². The van der Waals surface area contributed by atoms with Crippen LogP contribution in [0.3, 0.4) is 0 Å². The first-order chi connectivity index (χ1) is 10.1. The number of fused-ring (bicyclic) bond motifs is 1. The Morgan fingerprint density at radius 3 is 2.81 bits per heavy atom. The van der Waals surface area contributed by atoms with Crippen LogP contribution in [0.4, 0.5) is 0 Å². The number of carbonyl (C=O) groups excluding carboxylic acids is 1. The van der Waals surface area contributed by atoms with Crippen molar-refractivity contribution >= 4 is 11.9 Å². The van der Waals surface area contributed by atoms with Gasteiger partial charge in [-0.1, -0.05) is 12.1 Å². The molecule has 0 saturated heterocycles. The minimum absolute atomic E-state index is 0.0994. The lowest BCUT2D eigenvalue weighted by Gasteiger charge is -2.26. The lowest BCUT2D eigenvalue weighted by molar-refractivity contribution is -0.137. The lowest BCUT2D eigenvalue weighted by Crippen LogP contribution is -2.46. The van der Waals surface area contributed by atoms with Crippen LogP contribution in [0.1, 0.15) is 26.2 Å². The summed E-state index contributed by atoms with van der Waals surface area (Å²) in [5.74, 6) is 0.125.